The van der Waals surface area contributed by atoms with Gasteiger partial charge in [0.25, 0.3) is 0 Å². The van der Waals surface area contributed by atoms with E-state index in [4.69, 9.17) is 12.8 Å². The van der Waals surface area contributed by atoms with Gasteiger partial charge in [0.1, 0.15) is 47.7 Å². The molecule has 2 aliphatic heterocycles. The van der Waals surface area contributed by atoms with E-state index in [0.29, 0.717) is 0 Å². The zero-order chi connectivity index (χ0) is 48.2. The molecule has 2 heterocycles. The molecule has 0 unspecified atom stereocenters. The van der Waals surface area contributed by atoms with Crippen molar-refractivity contribution >= 4 is 95.3 Å². The maximum absolute atomic E-state index is 7.47. The van der Waals surface area contributed by atoms with Crippen LogP contribution in [0.25, 0.3) is 33.0 Å². The second-order valence-corrected chi connectivity index (χ2v) is 32.5. The van der Waals surface area contributed by atoms with Gasteiger partial charge in [0.05, 0.1) is 16.1 Å². The second-order valence-electron chi connectivity index (χ2n) is 19.0. The minimum Gasteiger partial charge on any atom is -0.366 e. The van der Waals surface area contributed by atoms with Gasteiger partial charge in [-0.15, -0.1) is 33.6 Å². The summed E-state index contributed by atoms with van der Waals surface area (Å²) in [5.41, 5.74) is 7.28. The van der Waals surface area contributed by atoms with Gasteiger partial charge >= 0.3 is 44.8 Å². The summed E-state index contributed by atoms with van der Waals surface area (Å²) in [5.74, 6) is 5.21. The molecule has 12 rings (SSSR count). The van der Waals surface area contributed by atoms with E-state index in [2.05, 4.69) is 256 Å². The molecule has 0 aliphatic carbocycles. The maximum Gasteiger partial charge on any atom is 1.00 e. The molecule has 0 atom stereocenters. The minimum absolute atomic E-state index is 0. The van der Waals surface area contributed by atoms with Crippen LogP contribution in [-0.2, 0) is 44.8 Å². The molecular weight excluding hydrogens is 1300 g/mol. The molecular formula is C66H54Au2P2Si2+2. The van der Waals surface area contributed by atoms with Crippen LogP contribution in [0.1, 0.15) is 11.1 Å². The molecule has 10 aromatic carbocycles. The first-order valence-electron chi connectivity index (χ1n) is 24.0. The average molecular weight is 1360 g/mol. The Kier molecular flexibility index (Phi) is 16.9. The van der Waals surface area contributed by atoms with E-state index in [-0.39, 0.29) is 44.8 Å². The van der Waals surface area contributed by atoms with E-state index in [9.17, 15) is 0 Å². The first-order valence-corrected chi connectivity index (χ1v) is 33.0. The summed E-state index contributed by atoms with van der Waals surface area (Å²) in [6.07, 6.45) is 14.9. The summed E-state index contributed by atoms with van der Waals surface area (Å²) in [6.45, 7) is 9.44. The molecule has 0 aromatic heterocycles. The number of rotatable bonds is 6. The zero-order valence-electron chi connectivity index (χ0n) is 40.7. The molecule has 2 aliphatic rings. The van der Waals surface area contributed by atoms with Gasteiger partial charge in [-0.2, -0.15) is 0 Å². The van der Waals surface area contributed by atoms with Crippen molar-refractivity contribution in [2.45, 2.75) is 26.2 Å². The van der Waals surface area contributed by atoms with Gasteiger partial charge in [0.2, 0.25) is 0 Å². The summed E-state index contributed by atoms with van der Waals surface area (Å²) in [6, 6.07) is 88.1. The van der Waals surface area contributed by atoms with Gasteiger partial charge in [0, 0.05) is 0 Å². The fraction of sp³-hybridized carbons (Fsp3) is 0.0606. The molecule has 10 aromatic rings. The van der Waals surface area contributed by atoms with Crippen LogP contribution in [0.15, 0.2) is 243 Å². The molecule has 0 amide bonds. The van der Waals surface area contributed by atoms with Crippen LogP contribution in [0.4, 0.5) is 0 Å². The normalized spacial score (nSPS) is 12.7. The van der Waals surface area contributed by atoms with E-state index in [1.54, 1.807) is 0 Å². The first-order chi connectivity index (χ1) is 34.2. The van der Waals surface area contributed by atoms with Gasteiger partial charge in [-0.25, -0.2) is 0 Å². The first kappa shape index (κ1) is 52.7. The molecule has 0 spiro atoms. The van der Waals surface area contributed by atoms with Crippen LogP contribution in [-0.4, -0.2) is 16.1 Å². The summed E-state index contributed by atoms with van der Waals surface area (Å²) >= 11 is 0. The molecule has 0 N–H and O–H groups in total. The fourth-order valence-electron chi connectivity index (χ4n) is 10.9. The zero-order valence-corrected chi connectivity index (χ0v) is 49.0. The number of hydrogen-bond acceptors (Lipinski definition) is 0. The van der Waals surface area contributed by atoms with Gasteiger partial charge in [-0.05, 0) is 104 Å². The Morgan fingerprint density at radius 3 is 0.917 bits per heavy atom. The molecule has 0 fully saturated rings. The largest absolute Gasteiger partial charge is 1.00 e. The van der Waals surface area contributed by atoms with Crippen LogP contribution >= 0.6 is 15.8 Å². The Balaban J connectivity index is 0.000000161. The molecule has 356 valence electrons. The molecule has 0 radical (unpaired) electrons. The second kappa shape index (κ2) is 23.1. The third kappa shape index (κ3) is 10.2. The molecule has 0 saturated carbocycles. The SMILES string of the molecule is [Au+].[Au+].[C-]#Cc1cccc2c1[Si](C)(C)c1ccccc1-2.[C-]#Cc1cccc2c1[Si](C)(C)c1ccccc1-2.c1ccc([PH+](c2ccccc2)c2cc3ccccc3cc2[PH+](c2ccccc2)c2ccccc2)cc1. The molecule has 0 saturated heterocycles. The van der Waals surface area contributed by atoms with Crippen LogP contribution in [0, 0.1) is 24.7 Å². The van der Waals surface area contributed by atoms with Gasteiger partial charge < -0.3 is 12.8 Å². The minimum atomic E-state index is -1.63. The Hall–Kier alpha value is -5.65. The van der Waals surface area contributed by atoms with Crippen molar-refractivity contribution in [3.63, 3.8) is 0 Å². The summed E-state index contributed by atoms with van der Waals surface area (Å²) in [4.78, 5) is 0. The maximum atomic E-state index is 7.47. The number of benzene rings is 10. The van der Waals surface area contributed by atoms with Crippen molar-refractivity contribution in [2.24, 2.45) is 0 Å². The van der Waals surface area contributed by atoms with Crippen LogP contribution in [0.3, 0.4) is 0 Å². The summed E-state index contributed by atoms with van der Waals surface area (Å²) in [7, 11) is -5.72. The van der Waals surface area contributed by atoms with Gasteiger partial charge in [0.15, 0.2) is 0 Å². The predicted octanol–water partition coefficient (Wildman–Crippen LogP) is 10.7. The van der Waals surface area contributed by atoms with E-state index >= 15 is 0 Å². The molecule has 0 bridgehead atoms. The van der Waals surface area contributed by atoms with Crippen LogP contribution < -0.4 is 52.6 Å². The molecule has 6 heteroatoms. The smallest absolute Gasteiger partial charge is 0.366 e. The Labute approximate surface area is 463 Å². The number of fused-ring (bicyclic) bond motifs is 7. The van der Waals surface area contributed by atoms with Gasteiger partial charge in [-0.3, -0.25) is 11.8 Å². The van der Waals surface area contributed by atoms with Crippen molar-refractivity contribution in [1.82, 2.24) is 0 Å². The van der Waals surface area contributed by atoms with Crippen molar-refractivity contribution < 1.29 is 44.8 Å². The average Bonchev–Trinajstić information content (AvgIpc) is 3.80. The number of hydrogen-bond donors (Lipinski definition) is 0. The van der Waals surface area contributed by atoms with E-state index in [1.165, 1.54) is 85.6 Å². The van der Waals surface area contributed by atoms with E-state index in [0.717, 1.165) is 11.1 Å². The summed E-state index contributed by atoms with van der Waals surface area (Å²) < 4.78 is 0. The van der Waals surface area contributed by atoms with Gasteiger partial charge in [-0.1, -0.05) is 196 Å². The Morgan fingerprint density at radius 2 is 0.597 bits per heavy atom. The Morgan fingerprint density at radius 1 is 0.319 bits per heavy atom. The topological polar surface area (TPSA) is 0 Å². The molecule has 72 heavy (non-hydrogen) atoms. The van der Waals surface area contributed by atoms with Crippen LogP contribution in [0.2, 0.25) is 26.2 Å². The standard InChI is InChI=1S/C34H26P2.2C16H13Si.2Au/c1-5-17-29(18-6-1)35(30-19-7-2-8-20-30)33-25-27-15-13-14-16-28(27)26-34(33)36(31-21-9-3-10-22-31)32-23-11-4-12-24-32;2*1-4-12-8-7-10-14-13-9-5-6-11-15(13)17(2,3)16(12)14;;/h1-26H;2*5-11H,2-3H3;;/q;2*-1;2*+1/p+2. The third-order valence-electron chi connectivity index (χ3n) is 14.1. The third-order valence-corrected chi connectivity index (χ3v) is 27.0. The van der Waals surface area contributed by atoms with Crippen molar-refractivity contribution in [1.29, 1.82) is 0 Å². The quantitative estimate of drug-likeness (QED) is 0.0674. The fourth-order valence-corrected chi connectivity index (χ4v) is 23.7. The van der Waals surface area contributed by atoms with Crippen molar-refractivity contribution in [3.05, 3.63) is 267 Å². The van der Waals surface area contributed by atoms with E-state index in [1.807, 2.05) is 24.3 Å². The predicted molar refractivity (Wildman–Crippen MR) is 314 cm³/mol. The summed E-state index contributed by atoms with van der Waals surface area (Å²) in [5, 5.41) is 17.0. The van der Waals surface area contributed by atoms with Crippen molar-refractivity contribution in [3.8, 4) is 34.1 Å². The van der Waals surface area contributed by atoms with Crippen LogP contribution in [0.5, 0.6) is 0 Å². The monoisotopic (exact) mass is 1360 g/mol. The van der Waals surface area contributed by atoms with E-state index < -0.39 is 32.0 Å². The Bertz CT molecular complexity index is 3270. The van der Waals surface area contributed by atoms with Crippen molar-refractivity contribution in [2.75, 3.05) is 0 Å². The molecule has 0 nitrogen and oxygen atoms in total.